The van der Waals surface area contributed by atoms with Crippen molar-refractivity contribution in [1.29, 1.82) is 0 Å². The summed E-state index contributed by atoms with van der Waals surface area (Å²) in [6, 6.07) is 16.4. The Morgan fingerprint density at radius 3 is 2.52 bits per heavy atom. The highest BCUT2D eigenvalue weighted by Crippen LogP contribution is 2.46. The number of benzene rings is 2. The fourth-order valence-electron chi connectivity index (χ4n) is 4.69. The number of para-hydroxylation sites is 1. The van der Waals surface area contributed by atoms with Crippen LogP contribution in [0.3, 0.4) is 0 Å². The second kappa shape index (κ2) is 8.22. The quantitative estimate of drug-likeness (QED) is 0.516. The zero-order valence-corrected chi connectivity index (χ0v) is 17.2. The molecule has 0 aliphatic carbocycles. The van der Waals surface area contributed by atoms with Crippen LogP contribution in [0.25, 0.3) is 0 Å². The Hall–Kier alpha value is -1.55. The predicted octanol–water partition coefficient (Wildman–Crippen LogP) is 5.24. The third kappa shape index (κ3) is 3.87. The van der Waals surface area contributed by atoms with Crippen molar-refractivity contribution in [2.45, 2.75) is 44.2 Å². The van der Waals surface area contributed by atoms with Gasteiger partial charge >= 0.3 is 5.97 Å². The molecule has 2 bridgehead atoms. The largest absolute Gasteiger partial charge is 0.426 e. The zero-order valence-electron chi connectivity index (χ0n) is 15.6. The van der Waals surface area contributed by atoms with Crippen molar-refractivity contribution in [3.05, 3.63) is 64.7 Å². The Labute approximate surface area is 172 Å². The van der Waals surface area contributed by atoms with Gasteiger partial charge in [-0.3, -0.25) is 9.69 Å². The molecule has 27 heavy (non-hydrogen) atoms. The van der Waals surface area contributed by atoms with Gasteiger partial charge in [0.05, 0.1) is 5.92 Å². The number of hydrogen-bond acceptors (Lipinski definition) is 3. The van der Waals surface area contributed by atoms with E-state index in [0.717, 1.165) is 29.8 Å². The van der Waals surface area contributed by atoms with Gasteiger partial charge in [-0.25, -0.2) is 0 Å². The molecule has 2 unspecified atom stereocenters. The Bertz CT molecular complexity index is 808. The Kier molecular flexibility index (Phi) is 6.15. The van der Waals surface area contributed by atoms with E-state index >= 15 is 0 Å². The lowest BCUT2D eigenvalue weighted by Crippen LogP contribution is -2.49. The normalized spacial score (nSPS) is 27.1. The molecule has 0 N–H and O–H groups in total. The van der Waals surface area contributed by atoms with E-state index in [4.69, 9.17) is 16.3 Å². The van der Waals surface area contributed by atoms with Gasteiger partial charge in [-0.2, -0.15) is 0 Å². The smallest absolute Gasteiger partial charge is 0.316 e. The van der Waals surface area contributed by atoms with Crippen molar-refractivity contribution in [1.82, 2.24) is 4.90 Å². The van der Waals surface area contributed by atoms with Crippen LogP contribution in [-0.4, -0.2) is 30.0 Å². The minimum Gasteiger partial charge on any atom is -0.426 e. The summed E-state index contributed by atoms with van der Waals surface area (Å²) in [5, 5.41) is 0.726. The van der Waals surface area contributed by atoms with Crippen LogP contribution in [0.4, 0.5) is 0 Å². The number of nitrogens with zero attached hydrogens (tertiary/aromatic N) is 1. The molecule has 4 atom stereocenters. The second-order valence-electron chi connectivity index (χ2n) is 7.57. The molecule has 0 saturated carbocycles. The molecule has 0 aromatic heterocycles. The van der Waals surface area contributed by atoms with E-state index < -0.39 is 0 Å². The summed E-state index contributed by atoms with van der Waals surface area (Å²) in [6.07, 6.45) is 3.19. The third-order valence-electron chi connectivity index (χ3n) is 6.14. The maximum absolute atomic E-state index is 13.2. The fraction of sp³-hybridized carbons (Fsp3) is 0.409. The van der Waals surface area contributed by atoms with Crippen LogP contribution in [0, 0.1) is 12.8 Å². The minimum atomic E-state index is -0.153. The number of ether oxygens (including phenoxy) is 1. The highest BCUT2D eigenvalue weighted by Gasteiger charge is 2.49. The number of piperidine rings is 1. The van der Waals surface area contributed by atoms with Gasteiger partial charge in [-0.1, -0.05) is 41.9 Å². The first kappa shape index (κ1) is 20.2. The van der Waals surface area contributed by atoms with Crippen molar-refractivity contribution >= 4 is 30.0 Å². The number of carbonyl (C=O) groups is 1. The van der Waals surface area contributed by atoms with Crippen LogP contribution in [-0.2, 0) is 4.79 Å². The fourth-order valence-corrected chi connectivity index (χ4v) is 4.81. The molecule has 0 amide bonds. The molecule has 0 spiro atoms. The maximum Gasteiger partial charge on any atom is 0.316 e. The first-order chi connectivity index (χ1) is 12.5. The van der Waals surface area contributed by atoms with E-state index in [1.54, 1.807) is 0 Å². The summed E-state index contributed by atoms with van der Waals surface area (Å²) >= 11 is 6.07. The monoisotopic (exact) mass is 405 g/mol. The Morgan fingerprint density at radius 2 is 1.81 bits per heavy atom. The molecule has 2 saturated heterocycles. The summed E-state index contributed by atoms with van der Waals surface area (Å²) in [4.78, 5) is 15.6. The summed E-state index contributed by atoms with van der Waals surface area (Å²) in [7, 11) is 2.15. The van der Waals surface area contributed by atoms with Crippen molar-refractivity contribution < 1.29 is 9.53 Å². The molecule has 2 aromatic carbocycles. The standard InChI is InChI=1S/C22H24ClNO2.ClH/c1-14-5-3-4-6-20(14)26-22(25)21-18(15-7-9-16(23)10-8-15)13-17-11-12-19(21)24(17)2;/h3-10,17-19,21H,11-13H2,1-2H3;1H/t17-,18-,19?,21?;/m1./s1. The molecule has 3 nitrogen and oxygen atoms in total. The highest BCUT2D eigenvalue weighted by atomic mass is 35.5. The molecule has 144 valence electrons. The van der Waals surface area contributed by atoms with Crippen molar-refractivity contribution in [3.63, 3.8) is 0 Å². The topological polar surface area (TPSA) is 29.5 Å². The molecule has 2 aliphatic heterocycles. The van der Waals surface area contributed by atoms with Gasteiger partial charge in [0.2, 0.25) is 0 Å². The first-order valence-electron chi connectivity index (χ1n) is 9.29. The lowest BCUT2D eigenvalue weighted by molar-refractivity contribution is -0.143. The molecule has 5 heteroatoms. The van der Waals surface area contributed by atoms with Crippen LogP contribution in [0.5, 0.6) is 5.75 Å². The number of halogens is 2. The van der Waals surface area contributed by atoms with Gasteiger partial charge in [0.25, 0.3) is 0 Å². The molecule has 2 aromatic rings. The highest BCUT2D eigenvalue weighted by molar-refractivity contribution is 6.30. The number of rotatable bonds is 3. The zero-order chi connectivity index (χ0) is 18.3. The number of esters is 1. The van der Waals surface area contributed by atoms with Crippen molar-refractivity contribution in [2.75, 3.05) is 7.05 Å². The van der Waals surface area contributed by atoms with E-state index in [1.165, 1.54) is 5.56 Å². The molecular weight excluding hydrogens is 381 g/mol. The van der Waals surface area contributed by atoms with Gasteiger partial charge < -0.3 is 4.74 Å². The van der Waals surface area contributed by atoms with E-state index in [-0.39, 0.29) is 36.3 Å². The lowest BCUT2D eigenvalue weighted by Gasteiger charge is -2.42. The average molecular weight is 406 g/mol. The predicted molar refractivity (Wildman–Crippen MR) is 111 cm³/mol. The first-order valence-corrected chi connectivity index (χ1v) is 9.67. The Balaban J connectivity index is 0.00000210. The number of aryl methyl sites for hydroxylation is 1. The molecule has 0 radical (unpaired) electrons. The van der Waals surface area contributed by atoms with Gasteiger partial charge in [-0.15, -0.1) is 12.4 Å². The lowest BCUT2D eigenvalue weighted by atomic mass is 9.76. The van der Waals surface area contributed by atoms with Crippen molar-refractivity contribution in [3.8, 4) is 5.75 Å². The van der Waals surface area contributed by atoms with E-state index in [2.05, 4.69) is 24.1 Å². The van der Waals surface area contributed by atoms with Crippen LogP contribution in [0.15, 0.2) is 48.5 Å². The minimum absolute atomic E-state index is 0. The molecule has 2 heterocycles. The molecular formula is C22H25Cl2NO2. The average Bonchev–Trinajstić information content (AvgIpc) is 2.87. The molecule has 2 aliphatic rings. The number of fused-ring (bicyclic) bond motifs is 2. The number of hydrogen-bond donors (Lipinski definition) is 0. The van der Waals surface area contributed by atoms with Crippen LogP contribution in [0.1, 0.15) is 36.3 Å². The summed E-state index contributed by atoms with van der Waals surface area (Å²) in [6.45, 7) is 1.97. The van der Waals surface area contributed by atoms with Crippen LogP contribution >= 0.6 is 24.0 Å². The van der Waals surface area contributed by atoms with Crippen molar-refractivity contribution in [2.24, 2.45) is 5.92 Å². The molecule has 4 rings (SSSR count). The number of carbonyl (C=O) groups excluding carboxylic acids is 1. The van der Waals surface area contributed by atoms with Gasteiger partial charge in [0.1, 0.15) is 5.75 Å². The Morgan fingerprint density at radius 1 is 1.11 bits per heavy atom. The maximum atomic E-state index is 13.2. The van der Waals surface area contributed by atoms with Crippen LogP contribution < -0.4 is 4.74 Å². The van der Waals surface area contributed by atoms with E-state index in [0.29, 0.717) is 11.8 Å². The van der Waals surface area contributed by atoms with E-state index in [9.17, 15) is 4.79 Å². The van der Waals surface area contributed by atoms with Crippen LogP contribution in [0.2, 0.25) is 5.02 Å². The third-order valence-corrected chi connectivity index (χ3v) is 6.40. The summed E-state index contributed by atoms with van der Waals surface area (Å²) in [5.41, 5.74) is 2.17. The van der Waals surface area contributed by atoms with Gasteiger partial charge in [0, 0.05) is 23.0 Å². The second-order valence-corrected chi connectivity index (χ2v) is 8.01. The van der Waals surface area contributed by atoms with E-state index in [1.807, 2.05) is 43.3 Å². The SMILES string of the molecule is Cc1ccccc1OC(=O)C1C2CC[C@H](C[C@@H]1c1ccc(Cl)cc1)N2C.Cl. The van der Waals surface area contributed by atoms with Gasteiger partial charge in [-0.05, 0) is 62.6 Å². The summed E-state index contributed by atoms with van der Waals surface area (Å²) in [5.74, 6) is 0.573. The summed E-state index contributed by atoms with van der Waals surface area (Å²) < 4.78 is 5.87. The molecule has 2 fully saturated rings. The van der Waals surface area contributed by atoms with Gasteiger partial charge in [0.15, 0.2) is 0 Å².